The maximum Gasteiger partial charge on any atom is 0.131 e. The van der Waals surface area contributed by atoms with Crippen LogP contribution in [0.3, 0.4) is 0 Å². The smallest absolute Gasteiger partial charge is 0.131 e. The number of hydrogen-bond acceptors (Lipinski definition) is 3. The van der Waals surface area contributed by atoms with Gasteiger partial charge in [0.15, 0.2) is 0 Å². The molecule has 0 aliphatic heterocycles. The highest BCUT2D eigenvalue weighted by Gasteiger charge is 2.10. The van der Waals surface area contributed by atoms with Crippen LogP contribution in [-0.2, 0) is 20.2 Å². The third-order valence-corrected chi connectivity index (χ3v) is 4.35. The summed E-state index contributed by atoms with van der Waals surface area (Å²) in [4.78, 5) is 0. The highest BCUT2D eigenvalue weighted by molar-refractivity contribution is 9.10. The lowest BCUT2D eigenvalue weighted by atomic mass is 10.2. The molecule has 0 radical (unpaired) electrons. The fourth-order valence-corrected chi connectivity index (χ4v) is 2.55. The van der Waals surface area contributed by atoms with Crippen molar-refractivity contribution in [2.45, 2.75) is 33.4 Å². The zero-order valence-electron chi connectivity index (χ0n) is 12.8. The SMILES string of the molecule is CCCNCc1ccc(OCc2c(Br)c(C)nn2C)cc1. The quantitative estimate of drug-likeness (QED) is 0.775. The van der Waals surface area contributed by atoms with Gasteiger partial charge in [0.05, 0.1) is 15.9 Å². The molecule has 2 rings (SSSR count). The summed E-state index contributed by atoms with van der Waals surface area (Å²) < 4.78 is 8.70. The number of ether oxygens (including phenoxy) is 1. The van der Waals surface area contributed by atoms with E-state index in [0.717, 1.165) is 41.1 Å². The van der Waals surface area contributed by atoms with E-state index in [1.54, 1.807) is 0 Å². The van der Waals surface area contributed by atoms with Crippen LogP contribution in [0.1, 0.15) is 30.3 Å². The number of rotatable bonds is 7. The highest BCUT2D eigenvalue weighted by atomic mass is 79.9. The van der Waals surface area contributed by atoms with Gasteiger partial charge in [-0.25, -0.2) is 0 Å². The average molecular weight is 352 g/mol. The van der Waals surface area contributed by atoms with Gasteiger partial charge in [0.25, 0.3) is 0 Å². The fourth-order valence-electron chi connectivity index (χ4n) is 2.10. The normalized spacial score (nSPS) is 10.9. The van der Waals surface area contributed by atoms with Crippen LogP contribution >= 0.6 is 15.9 Å². The highest BCUT2D eigenvalue weighted by Crippen LogP contribution is 2.22. The molecular formula is C16H22BrN3O. The van der Waals surface area contributed by atoms with Gasteiger partial charge in [-0.15, -0.1) is 0 Å². The van der Waals surface area contributed by atoms with Crippen LogP contribution in [0.5, 0.6) is 5.75 Å². The Morgan fingerprint density at radius 3 is 2.57 bits per heavy atom. The maximum atomic E-state index is 5.84. The van der Waals surface area contributed by atoms with Gasteiger partial charge in [-0.05, 0) is 53.5 Å². The van der Waals surface area contributed by atoms with E-state index in [-0.39, 0.29) is 0 Å². The number of aromatic nitrogens is 2. The van der Waals surface area contributed by atoms with Gasteiger partial charge in [0.1, 0.15) is 12.4 Å². The lowest BCUT2D eigenvalue weighted by molar-refractivity contribution is 0.294. The van der Waals surface area contributed by atoms with Gasteiger partial charge in [0, 0.05) is 13.6 Å². The molecule has 5 heteroatoms. The first-order chi connectivity index (χ1) is 10.1. The van der Waals surface area contributed by atoms with Crippen molar-refractivity contribution in [3.05, 3.63) is 45.7 Å². The van der Waals surface area contributed by atoms with Gasteiger partial charge in [-0.3, -0.25) is 4.68 Å². The van der Waals surface area contributed by atoms with E-state index in [4.69, 9.17) is 4.74 Å². The van der Waals surface area contributed by atoms with Crippen molar-refractivity contribution in [1.29, 1.82) is 0 Å². The van der Waals surface area contributed by atoms with E-state index >= 15 is 0 Å². The molecule has 0 atom stereocenters. The molecule has 0 saturated carbocycles. The minimum atomic E-state index is 0.505. The van der Waals surface area contributed by atoms with Crippen LogP contribution in [0.15, 0.2) is 28.7 Å². The molecule has 0 fully saturated rings. The van der Waals surface area contributed by atoms with Crippen molar-refractivity contribution in [1.82, 2.24) is 15.1 Å². The summed E-state index contributed by atoms with van der Waals surface area (Å²) in [5.41, 5.74) is 3.29. The second-order valence-electron chi connectivity index (χ2n) is 5.08. The van der Waals surface area contributed by atoms with Crippen molar-refractivity contribution in [2.75, 3.05) is 6.54 Å². The van der Waals surface area contributed by atoms with Crippen molar-refractivity contribution in [2.24, 2.45) is 7.05 Å². The zero-order chi connectivity index (χ0) is 15.2. The van der Waals surface area contributed by atoms with Crippen LogP contribution < -0.4 is 10.1 Å². The Labute approximate surface area is 134 Å². The molecule has 0 saturated heterocycles. The maximum absolute atomic E-state index is 5.84. The molecule has 114 valence electrons. The lowest BCUT2D eigenvalue weighted by Gasteiger charge is -2.08. The Hall–Kier alpha value is -1.33. The number of halogens is 1. The van der Waals surface area contributed by atoms with Crippen molar-refractivity contribution in [3.8, 4) is 5.75 Å². The van der Waals surface area contributed by atoms with Gasteiger partial charge < -0.3 is 10.1 Å². The summed E-state index contributed by atoms with van der Waals surface area (Å²) in [5.74, 6) is 0.875. The first-order valence-electron chi connectivity index (χ1n) is 7.22. The largest absolute Gasteiger partial charge is 0.487 e. The summed E-state index contributed by atoms with van der Waals surface area (Å²) in [6, 6.07) is 8.23. The van der Waals surface area contributed by atoms with E-state index in [1.165, 1.54) is 5.56 Å². The molecular weight excluding hydrogens is 330 g/mol. The van der Waals surface area contributed by atoms with Crippen molar-refractivity contribution >= 4 is 15.9 Å². The summed E-state index contributed by atoms with van der Waals surface area (Å²) >= 11 is 3.55. The number of hydrogen-bond donors (Lipinski definition) is 1. The monoisotopic (exact) mass is 351 g/mol. The first-order valence-corrected chi connectivity index (χ1v) is 8.01. The predicted octanol–water partition coefficient (Wildman–Crippen LogP) is 3.57. The fraction of sp³-hybridized carbons (Fsp3) is 0.438. The van der Waals surface area contributed by atoms with E-state index in [2.05, 4.69) is 45.4 Å². The third-order valence-electron chi connectivity index (χ3n) is 3.32. The third kappa shape index (κ3) is 4.32. The Morgan fingerprint density at radius 1 is 1.29 bits per heavy atom. The topological polar surface area (TPSA) is 39.1 Å². The molecule has 21 heavy (non-hydrogen) atoms. The minimum Gasteiger partial charge on any atom is -0.487 e. The lowest BCUT2D eigenvalue weighted by Crippen LogP contribution is -2.13. The molecule has 2 aromatic rings. The summed E-state index contributed by atoms with van der Waals surface area (Å²) in [7, 11) is 1.93. The van der Waals surface area contributed by atoms with Crippen LogP contribution in [0.2, 0.25) is 0 Å². The van der Waals surface area contributed by atoms with E-state index < -0.39 is 0 Å². The van der Waals surface area contributed by atoms with E-state index in [0.29, 0.717) is 6.61 Å². The second-order valence-corrected chi connectivity index (χ2v) is 5.87. The van der Waals surface area contributed by atoms with Crippen LogP contribution in [0.25, 0.3) is 0 Å². The predicted molar refractivity (Wildman–Crippen MR) is 88.4 cm³/mol. The van der Waals surface area contributed by atoms with E-state index in [9.17, 15) is 0 Å². The number of aryl methyl sites for hydroxylation is 2. The Kier molecular flexibility index (Phi) is 5.82. The van der Waals surface area contributed by atoms with Crippen molar-refractivity contribution < 1.29 is 4.74 Å². The molecule has 0 amide bonds. The standard InChI is InChI=1S/C16H22BrN3O/c1-4-9-18-10-13-5-7-14(8-6-13)21-11-15-16(17)12(2)19-20(15)3/h5-8,18H,4,9-11H2,1-3H3. The molecule has 0 aliphatic rings. The van der Waals surface area contributed by atoms with Gasteiger partial charge in [-0.2, -0.15) is 5.10 Å². The molecule has 1 heterocycles. The summed E-state index contributed by atoms with van der Waals surface area (Å²) in [6.07, 6.45) is 1.15. The molecule has 4 nitrogen and oxygen atoms in total. The van der Waals surface area contributed by atoms with E-state index in [1.807, 2.05) is 30.8 Å². The molecule has 0 unspecified atom stereocenters. The molecule has 0 bridgehead atoms. The molecule has 0 aliphatic carbocycles. The van der Waals surface area contributed by atoms with Crippen LogP contribution in [0.4, 0.5) is 0 Å². The van der Waals surface area contributed by atoms with Crippen LogP contribution in [0, 0.1) is 6.92 Å². The van der Waals surface area contributed by atoms with Crippen molar-refractivity contribution in [3.63, 3.8) is 0 Å². The minimum absolute atomic E-state index is 0.505. The Bertz CT molecular complexity index is 578. The van der Waals surface area contributed by atoms with Crippen LogP contribution in [-0.4, -0.2) is 16.3 Å². The van der Waals surface area contributed by atoms with Gasteiger partial charge in [-0.1, -0.05) is 19.1 Å². The average Bonchev–Trinajstić information content (AvgIpc) is 2.72. The summed E-state index contributed by atoms with van der Waals surface area (Å²) in [5, 5.41) is 7.75. The molecule has 1 aromatic carbocycles. The second kappa shape index (κ2) is 7.61. The molecule has 1 N–H and O–H groups in total. The number of nitrogens with zero attached hydrogens (tertiary/aromatic N) is 2. The number of nitrogens with one attached hydrogen (secondary N) is 1. The number of benzene rings is 1. The molecule has 1 aromatic heterocycles. The first kappa shape index (κ1) is 16.0. The molecule has 0 spiro atoms. The van der Waals surface area contributed by atoms with Gasteiger partial charge >= 0.3 is 0 Å². The Morgan fingerprint density at radius 2 is 2.00 bits per heavy atom. The zero-order valence-corrected chi connectivity index (χ0v) is 14.4. The Balaban J connectivity index is 1.91. The summed E-state index contributed by atoms with van der Waals surface area (Å²) in [6.45, 7) is 6.60. The van der Waals surface area contributed by atoms with Gasteiger partial charge in [0.2, 0.25) is 0 Å².